The molecule has 0 aliphatic carbocycles. The number of benzene rings is 3. The van der Waals surface area contributed by atoms with E-state index in [4.69, 9.17) is 32.7 Å². The van der Waals surface area contributed by atoms with Gasteiger partial charge in [-0.25, -0.2) is 4.79 Å². The van der Waals surface area contributed by atoms with Crippen molar-refractivity contribution in [1.82, 2.24) is 0 Å². The Morgan fingerprint density at radius 3 is 2.34 bits per heavy atom. The number of methoxy groups -OCH3 is 1. The van der Waals surface area contributed by atoms with E-state index in [2.05, 4.69) is 5.32 Å². The van der Waals surface area contributed by atoms with Crippen LogP contribution in [0.3, 0.4) is 0 Å². The average molecular weight is 432 g/mol. The highest BCUT2D eigenvalue weighted by molar-refractivity contribution is 6.30. The van der Waals surface area contributed by atoms with Crippen molar-refractivity contribution in [2.24, 2.45) is 0 Å². The third-order valence-corrected chi connectivity index (χ3v) is 4.73. The molecule has 5 nitrogen and oxygen atoms in total. The molecule has 0 saturated heterocycles. The second kappa shape index (κ2) is 9.54. The summed E-state index contributed by atoms with van der Waals surface area (Å²) in [6.45, 7) is 0.750. The third-order valence-electron chi connectivity index (χ3n) is 4.25. The maximum Gasteiger partial charge on any atom is 0.335 e. The Balaban J connectivity index is 1.77. The Morgan fingerprint density at radius 2 is 1.66 bits per heavy atom. The van der Waals surface area contributed by atoms with Crippen molar-refractivity contribution in [3.63, 3.8) is 0 Å². The van der Waals surface area contributed by atoms with Crippen molar-refractivity contribution in [3.8, 4) is 11.5 Å². The van der Waals surface area contributed by atoms with Gasteiger partial charge in [0, 0.05) is 22.2 Å². The minimum absolute atomic E-state index is 0.165. The van der Waals surface area contributed by atoms with Crippen LogP contribution in [0.2, 0.25) is 10.0 Å². The van der Waals surface area contributed by atoms with Gasteiger partial charge in [-0.2, -0.15) is 0 Å². The zero-order chi connectivity index (χ0) is 20.8. The van der Waals surface area contributed by atoms with Crippen LogP contribution in [-0.4, -0.2) is 18.2 Å². The summed E-state index contributed by atoms with van der Waals surface area (Å²) in [5, 5.41) is 13.7. The molecule has 0 unspecified atom stereocenters. The van der Waals surface area contributed by atoms with Gasteiger partial charge in [0.1, 0.15) is 18.1 Å². The number of halogens is 2. The number of aromatic carboxylic acids is 1. The lowest BCUT2D eigenvalue weighted by molar-refractivity contribution is 0.0697. The number of anilines is 1. The fourth-order valence-corrected chi connectivity index (χ4v) is 3.06. The highest BCUT2D eigenvalue weighted by Gasteiger charge is 2.11. The number of ether oxygens (including phenoxy) is 2. The van der Waals surface area contributed by atoms with E-state index in [-0.39, 0.29) is 5.56 Å². The van der Waals surface area contributed by atoms with Crippen LogP contribution in [0.5, 0.6) is 11.5 Å². The predicted octanol–water partition coefficient (Wildman–Crippen LogP) is 5.89. The molecule has 0 spiro atoms. The molecule has 0 fully saturated rings. The number of carboxylic acid groups (broad SMARTS) is 1. The summed E-state index contributed by atoms with van der Waals surface area (Å²) in [6, 6.07) is 17.4. The summed E-state index contributed by atoms with van der Waals surface area (Å²) in [5.41, 5.74) is 2.54. The topological polar surface area (TPSA) is 67.8 Å². The molecular weight excluding hydrogens is 413 g/mol. The molecule has 0 aromatic heterocycles. The van der Waals surface area contributed by atoms with Crippen molar-refractivity contribution in [2.75, 3.05) is 12.4 Å². The highest BCUT2D eigenvalue weighted by Crippen LogP contribution is 2.29. The number of carboxylic acids is 1. The number of hydrogen-bond donors (Lipinski definition) is 2. The Bertz CT molecular complexity index is 1010. The van der Waals surface area contributed by atoms with Crippen LogP contribution in [0.25, 0.3) is 0 Å². The normalized spacial score (nSPS) is 10.4. The van der Waals surface area contributed by atoms with Crippen LogP contribution < -0.4 is 14.8 Å². The van der Waals surface area contributed by atoms with Crippen molar-refractivity contribution in [1.29, 1.82) is 0 Å². The van der Waals surface area contributed by atoms with Crippen molar-refractivity contribution in [3.05, 3.63) is 87.4 Å². The number of nitrogens with one attached hydrogen (secondary N) is 1. The van der Waals surface area contributed by atoms with E-state index in [9.17, 15) is 9.90 Å². The Labute approximate surface area is 178 Å². The molecule has 29 heavy (non-hydrogen) atoms. The fourth-order valence-electron chi connectivity index (χ4n) is 2.74. The average Bonchev–Trinajstić information content (AvgIpc) is 2.72. The molecule has 150 valence electrons. The maximum absolute atomic E-state index is 11.3. The summed E-state index contributed by atoms with van der Waals surface area (Å²) in [7, 11) is 1.53. The Hall–Kier alpha value is -2.89. The van der Waals surface area contributed by atoms with E-state index in [1.54, 1.807) is 24.3 Å². The highest BCUT2D eigenvalue weighted by atomic mass is 35.5. The standard InChI is InChI=1S/C22H19Cl2NO4/c1-28-21-8-4-15(22(26)27)11-19(21)25-12-16-10-18(24)7-9-20(16)29-13-14-2-5-17(23)6-3-14/h2-11,25H,12-13H2,1H3,(H,26,27). The number of carbonyl (C=O) groups is 1. The van der Waals surface area contributed by atoms with Gasteiger partial charge in [0.15, 0.2) is 0 Å². The molecule has 0 aliphatic rings. The van der Waals surface area contributed by atoms with Gasteiger partial charge >= 0.3 is 5.97 Å². The monoisotopic (exact) mass is 431 g/mol. The van der Waals surface area contributed by atoms with E-state index >= 15 is 0 Å². The van der Waals surface area contributed by atoms with Crippen molar-refractivity contribution < 1.29 is 19.4 Å². The van der Waals surface area contributed by atoms with E-state index in [1.165, 1.54) is 19.2 Å². The molecule has 0 atom stereocenters. The predicted molar refractivity (Wildman–Crippen MR) is 115 cm³/mol. The van der Waals surface area contributed by atoms with E-state index in [0.717, 1.165) is 11.1 Å². The van der Waals surface area contributed by atoms with Crippen molar-refractivity contribution in [2.45, 2.75) is 13.2 Å². The minimum Gasteiger partial charge on any atom is -0.495 e. The molecule has 3 rings (SSSR count). The van der Waals surface area contributed by atoms with Crippen LogP contribution in [0.4, 0.5) is 5.69 Å². The van der Waals surface area contributed by atoms with Crippen LogP contribution in [0.1, 0.15) is 21.5 Å². The Kier molecular flexibility index (Phi) is 6.86. The molecule has 0 saturated carbocycles. The summed E-state index contributed by atoms with van der Waals surface area (Å²) in [6.07, 6.45) is 0. The Morgan fingerprint density at radius 1 is 0.966 bits per heavy atom. The van der Waals surface area contributed by atoms with E-state index in [1.807, 2.05) is 24.3 Å². The summed E-state index contributed by atoms with van der Waals surface area (Å²) in [5.74, 6) is 0.205. The number of rotatable bonds is 8. The van der Waals surface area contributed by atoms with Gasteiger partial charge < -0.3 is 19.9 Å². The SMILES string of the molecule is COc1ccc(C(=O)O)cc1NCc1cc(Cl)ccc1OCc1ccc(Cl)cc1. The molecule has 3 aromatic carbocycles. The molecule has 2 N–H and O–H groups in total. The summed E-state index contributed by atoms with van der Waals surface area (Å²) < 4.78 is 11.3. The second-order valence-corrected chi connectivity index (χ2v) is 7.11. The molecule has 0 radical (unpaired) electrons. The lowest BCUT2D eigenvalue weighted by Gasteiger charge is -2.15. The van der Waals surface area contributed by atoms with Crippen LogP contribution in [0, 0.1) is 0 Å². The maximum atomic E-state index is 11.3. The van der Waals surface area contributed by atoms with Crippen LogP contribution in [0.15, 0.2) is 60.7 Å². The first-order valence-corrected chi connectivity index (χ1v) is 9.52. The zero-order valence-corrected chi connectivity index (χ0v) is 17.1. The molecule has 0 amide bonds. The lowest BCUT2D eigenvalue weighted by Crippen LogP contribution is -2.06. The van der Waals surface area contributed by atoms with Gasteiger partial charge in [0.25, 0.3) is 0 Å². The van der Waals surface area contributed by atoms with Crippen molar-refractivity contribution >= 4 is 34.9 Å². The molecule has 0 bridgehead atoms. The second-order valence-electron chi connectivity index (χ2n) is 6.24. The van der Waals surface area contributed by atoms with E-state index < -0.39 is 5.97 Å². The summed E-state index contributed by atoms with van der Waals surface area (Å²) >= 11 is 12.1. The van der Waals surface area contributed by atoms with Crippen LogP contribution >= 0.6 is 23.2 Å². The van der Waals surface area contributed by atoms with Gasteiger partial charge in [0.2, 0.25) is 0 Å². The molecule has 7 heteroatoms. The minimum atomic E-state index is -1.01. The van der Waals surface area contributed by atoms with Gasteiger partial charge in [-0.3, -0.25) is 0 Å². The molecule has 0 aliphatic heterocycles. The first-order valence-electron chi connectivity index (χ1n) is 8.77. The zero-order valence-electron chi connectivity index (χ0n) is 15.6. The van der Waals surface area contributed by atoms with E-state index in [0.29, 0.717) is 40.4 Å². The van der Waals surface area contributed by atoms with Gasteiger partial charge in [0.05, 0.1) is 18.4 Å². The quantitative estimate of drug-likeness (QED) is 0.465. The molecular formula is C22H19Cl2NO4. The first kappa shape index (κ1) is 20.8. The lowest BCUT2D eigenvalue weighted by atomic mass is 10.1. The van der Waals surface area contributed by atoms with Crippen LogP contribution in [-0.2, 0) is 13.2 Å². The summed E-state index contributed by atoms with van der Waals surface area (Å²) in [4.78, 5) is 11.3. The number of hydrogen-bond acceptors (Lipinski definition) is 4. The van der Waals surface area contributed by atoms with Gasteiger partial charge in [-0.05, 0) is 54.1 Å². The van der Waals surface area contributed by atoms with Gasteiger partial charge in [-0.15, -0.1) is 0 Å². The fraction of sp³-hybridized carbons (Fsp3) is 0.136. The molecule has 0 heterocycles. The third kappa shape index (κ3) is 5.56. The molecule has 3 aromatic rings. The van der Waals surface area contributed by atoms with Gasteiger partial charge in [-0.1, -0.05) is 35.3 Å². The smallest absolute Gasteiger partial charge is 0.335 e. The largest absolute Gasteiger partial charge is 0.495 e. The first-order chi connectivity index (χ1) is 14.0.